The number of rotatable bonds is 3. The van der Waals surface area contributed by atoms with Crippen molar-refractivity contribution >= 4 is 11.8 Å². The van der Waals surface area contributed by atoms with Crippen molar-refractivity contribution < 1.29 is 9.53 Å². The predicted octanol–water partition coefficient (Wildman–Crippen LogP) is 2.70. The van der Waals surface area contributed by atoms with E-state index in [2.05, 4.69) is 15.5 Å². The first-order valence-corrected chi connectivity index (χ1v) is 6.60. The van der Waals surface area contributed by atoms with E-state index in [-0.39, 0.29) is 11.7 Å². The fourth-order valence-electron chi connectivity index (χ4n) is 1.86. The molecule has 1 aromatic carbocycles. The number of aryl methyl sites for hydroxylation is 1. The molecule has 0 aliphatic rings. The van der Waals surface area contributed by atoms with Gasteiger partial charge in [-0.05, 0) is 38.5 Å². The maximum Gasteiger partial charge on any atom is 0.411 e. The lowest BCUT2D eigenvalue weighted by molar-refractivity contribution is 0.130. The SMILES string of the molecule is Cc1cc(=O)[nH]nc1-c1ccc(NC(=O)OC(C)C)cc1. The van der Waals surface area contributed by atoms with Crippen LogP contribution in [0.5, 0.6) is 0 Å². The Morgan fingerprint density at radius 2 is 1.95 bits per heavy atom. The molecule has 110 valence electrons. The second-order valence-corrected chi connectivity index (χ2v) is 4.92. The average Bonchev–Trinajstić information content (AvgIpc) is 2.39. The number of ether oxygens (including phenoxy) is 1. The summed E-state index contributed by atoms with van der Waals surface area (Å²) in [5.74, 6) is 0. The van der Waals surface area contributed by atoms with Gasteiger partial charge in [0, 0.05) is 17.3 Å². The summed E-state index contributed by atoms with van der Waals surface area (Å²) in [6.45, 7) is 5.39. The van der Waals surface area contributed by atoms with Crippen LogP contribution in [0.3, 0.4) is 0 Å². The van der Waals surface area contributed by atoms with Crippen molar-refractivity contribution in [2.45, 2.75) is 26.9 Å². The quantitative estimate of drug-likeness (QED) is 0.909. The van der Waals surface area contributed by atoms with Crippen LogP contribution >= 0.6 is 0 Å². The largest absolute Gasteiger partial charge is 0.447 e. The minimum Gasteiger partial charge on any atom is -0.447 e. The molecule has 0 unspecified atom stereocenters. The molecule has 2 aromatic rings. The molecule has 0 aliphatic carbocycles. The molecule has 1 aromatic heterocycles. The maximum atomic E-state index is 11.5. The van der Waals surface area contributed by atoms with Crippen molar-refractivity contribution in [1.82, 2.24) is 10.2 Å². The van der Waals surface area contributed by atoms with Gasteiger partial charge in [0.2, 0.25) is 0 Å². The highest BCUT2D eigenvalue weighted by Gasteiger charge is 2.07. The molecule has 0 saturated carbocycles. The lowest BCUT2D eigenvalue weighted by atomic mass is 10.1. The van der Waals surface area contributed by atoms with Gasteiger partial charge in [-0.1, -0.05) is 12.1 Å². The summed E-state index contributed by atoms with van der Waals surface area (Å²) in [7, 11) is 0. The monoisotopic (exact) mass is 287 g/mol. The number of anilines is 1. The zero-order chi connectivity index (χ0) is 15.4. The highest BCUT2D eigenvalue weighted by Crippen LogP contribution is 2.21. The Labute approximate surface area is 122 Å². The number of nitrogens with one attached hydrogen (secondary N) is 2. The van der Waals surface area contributed by atoms with Gasteiger partial charge in [-0.3, -0.25) is 10.1 Å². The van der Waals surface area contributed by atoms with Crippen molar-refractivity contribution in [2.75, 3.05) is 5.32 Å². The Balaban J connectivity index is 2.15. The number of benzene rings is 1. The summed E-state index contributed by atoms with van der Waals surface area (Å²) in [5, 5.41) is 9.08. The number of carbonyl (C=O) groups excluding carboxylic acids is 1. The van der Waals surface area contributed by atoms with E-state index in [1.807, 2.05) is 19.1 Å². The first kappa shape index (κ1) is 14.8. The molecule has 0 saturated heterocycles. The van der Waals surface area contributed by atoms with Crippen molar-refractivity contribution in [2.24, 2.45) is 0 Å². The summed E-state index contributed by atoms with van der Waals surface area (Å²) >= 11 is 0. The van der Waals surface area contributed by atoms with Crippen molar-refractivity contribution in [3.05, 3.63) is 46.2 Å². The Bertz CT molecular complexity index is 690. The number of H-pyrrole nitrogens is 1. The van der Waals surface area contributed by atoms with Crippen molar-refractivity contribution in [1.29, 1.82) is 0 Å². The molecule has 0 bridgehead atoms. The smallest absolute Gasteiger partial charge is 0.411 e. The molecule has 1 heterocycles. The van der Waals surface area contributed by atoms with Crippen LogP contribution in [0.4, 0.5) is 10.5 Å². The van der Waals surface area contributed by atoms with Gasteiger partial charge in [0.25, 0.3) is 5.56 Å². The van der Waals surface area contributed by atoms with Crippen LogP contribution in [-0.4, -0.2) is 22.4 Å². The third-order valence-electron chi connectivity index (χ3n) is 2.75. The Kier molecular flexibility index (Phi) is 4.37. The fourth-order valence-corrected chi connectivity index (χ4v) is 1.86. The number of carbonyl (C=O) groups is 1. The highest BCUT2D eigenvalue weighted by molar-refractivity contribution is 5.85. The minimum absolute atomic E-state index is 0.169. The van der Waals surface area contributed by atoms with Crippen LogP contribution in [0.1, 0.15) is 19.4 Å². The van der Waals surface area contributed by atoms with Crippen molar-refractivity contribution in [3.8, 4) is 11.3 Å². The standard InChI is InChI=1S/C15H17N3O3/c1-9(2)21-15(20)16-12-6-4-11(5-7-12)14-10(3)8-13(19)17-18-14/h4-9H,1-3H3,(H,16,20)(H,17,19). The number of hydrogen-bond acceptors (Lipinski definition) is 4. The molecule has 6 heteroatoms. The van der Waals surface area contributed by atoms with E-state index in [9.17, 15) is 9.59 Å². The van der Waals surface area contributed by atoms with Gasteiger partial charge in [-0.2, -0.15) is 5.10 Å². The molecule has 0 fully saturated rings. The Morgan fingerprint density at radius 3 is 2.52 bits per heavy atom. The van der Waals surface area contributed by atoms with Gasteiger partial charge in [0.15, 0.2) is 0 Å². The van der Waals surface area contributed by atoms with Gasteiger partial charge >= 0.3 is 6.09 Å². The third kappa shape index (κ3) is 3.92. The Morgan fingerprint density at radius 1 is 1.29 bits per heavy atom. The topological polar surface area (TPSA) is 84.1 Å². The summed E-state index contributed by atoms with van der Waals surface area (Å²) in [6, 6.07) is 8.64. The third-order valence-corrected chi connectivity index (χ3v) is 2.75. The molecule has 2 rings (SSSR count). The van der Waals surface area contributed by atoms with Crippen LogP contribution in [-0.2, 0) is 4.74 Å². The molecule has 1 amide bonds. The first-order valence-electron chi connectivity index (χ1n) is 6.60. The summed E-state index contributed by atoms with van der Waals surface area (Å²) in [5.41, 5.74) is 2.74. The molecule has 6 nitrogen and oxygen atoms in total. The molecular weight excluding hydrogens is 270 g/mol. The van der Waals surface area contributed by atoms with E-state index in [0.29, 0.717) is 11.4 Å². The highest BCUT2D eigenvalue weighted by atomic mass is 16.6. The zero-order valence-corrected chi connectivity index (χ0v) is 12.1. The molecule has 0 spiro atoms. The molecule has 0 radical (unpaired) electrons. The molecule has 2 N–H and O–H groups in total. The normalized spacial score (nSPS) is 10.5. The lowest BCUT2D eigenvalue weighted by Gasteiger charge is -2.10. The van der Waals surface area contributed by atoms with Crippen LogP contribution in [0.2, 0.25) is 0 Å². The van der Waals surface area contributed by atoms with Crippen molar-refractivity contribution in [3.63, 3.8) is 0 Å². The molecule has 0 atom stereocenters. The van der Waals surface area contributed by atoms with Gasteiger partial charge in [0.1, 0.15) is 0 Å². The number of nitrogens with zero attached hydrogens (tertiary/aromatic N) is 1. The van der Waals surface area contributed by atoms with Crippen LogP contribution in [0, 0.1) is 6.92 Å². The molecule has 0 aliphatic heterocycles. The van der Waals surface area contributed by atoms with Gasteiger partial charge in [0.05, 0.1) is 11.8 Å². The van der Waals surface area contributed by atoms with E-state index in [1.165, 1.54) is 6.07 Å². The number of amides is 1. The molecule has 21 heavy (non-hydrogen) atoms. The summed E-state index contributed by atoms with van der Waals surface area (Å²) in [6.07, 6.45) is -0.659. The van der Waals surface area contributed by atoms with E-state index in [4.69, 9.17) is 4.74 Å². The van der Waals surface area contributed by atoms with Crippen LogP contribution in [0.25, 0.3) is 11.3 Å². The Hall–Kier alpha value is -2.63. The predicted molar refractivity (Wildman–Crippen MR) is 80.3 cm³/mol. The van der Waals surface area contributed by atoms with Gasteiger partial charge < -0.3 is 4.74 Å². The van der Waals surface area contributed by atoms with Crippen LogP contribution < -0.4 is 10.9 Å². The van der Waals surface area contributed by atoms with E-state index in [0.717, 1.165) is 11.1 Å². The summed E-state index contributed by atoms with van der Waals surface area (Å²) in [4.78, 5) is 22.6. The second-order valence-electron chi connectivity index (χ2n) is 4.92. The first-order chi connectivity index (χ1) is 9.95. The second kappa shape index (κ2) is 6.21. The van der Waals surface area contributed by atoms with E-state index in [1.54, 1.807) is 26.0 Å². The van der Waals surface area contributed by atoms with E-state index < -0.39 is 6.09 Å². The number of aromatic nitrogens is 2. The number of hydrogen-bond donors (Lipinski definition) is 2. The minimum atomic E-state index is -0.490. The lowest BCUT2D eigenvalue weighted by Crippen LogP contribution is -2.17. The molecular formula is C15H17N3O3. The van der Waals surface area contributed by atoms with Gasteiger partial charge in [-0.15, -0.1) is 0 Å². The zero-order valence-electron chi connectivity index (χ0n) is 12.1. The average molecular weight is 287 g/mol. The summed E-state index contributed by atoms with van der Waals surface area (Å²) < 4.78 is 5.00. The number of aromatic amines is 1. The van der Waals surface area contributed by atoms with Gasteiger partial charge in [-0.25, -0.2) is 9.89 Å². The fraction of sp³-hybridized carbons (Fsp3) is 0.267. The van der Waals surface area contributed by atoms with E-state index >= 15 is 0 Å². The van der Waals surface area contributed by atoms with Crippen LogP contribution in [0.15, 0.2) is 35.1 Å². The maximum absolute atomic E-state index is 11.5.